The predicted octanol–water partition coefficient (Wildman–Crippen LogP) is 4.08. The highest BCUT2D eigenvalue weighted by atomic mass is 35.5. The zero-order valence-corrected chi connectivity index (χ0v) is 20.9. The Morgan fingerprint density at radius 2 is 1.94 bits per heavy atom. The van der Waals surface area contributed by atoms with E-state index in [-0.39, 0.29) is 23.4 Å². The molecule has 0 saturated carbocycles. The van der Waals surface area contributed by atoms with Gasteiger partial charge in [-0.25, -0.2) is 13.9 Å². The summed E-state index contributed by atoms with van der Waals surface area (Å²) < 4.78 is 35.5. The maximum absolute atomic E-state index is 14.7. The Bertz CT molecular complexity index is 1180. The van der Waals surface area contributed by atoms with Crippen LogP contribution in [0.3, 0.4) is 0 Å². The Balaban J connectivity index is 1.72. The lowest BCUT2D eigenvalue weighted by Crippen LogP contribution is -2.39. The molecule has 2 atom stereocenters. The summed E-state index contributed by atoms with van der Waals surface area (Å²) in [6.45, 7) is 5.14. The van der Waals surface area contributed by atoms with Gasteiger partial charge in [0.05, 0.1) is 17.2 Å². The van der Waals surface area contributed by atoms with E-state index in [1.165, 1.54) is 30.4 Å². The summed E-state index contributed by atoms with van der Waals surface area (Å²) in [5.74, 6) is -0.140. The summed E-state index contributed by atoms with van der Waals surface area (Å²) in [4.78, 5) is 22.1. The molecule has 0 bridgehead atoms. The van der Waals surface area contributed by atoms with E-state index in [9.17, 15) is 8.96 Å². The fourth-order valence-corrected chi connectivity index (χ4v) is 4.52. The van der Waals surface area contributed by atoms with Gasteiger partial charge >= 0.3 is 7.82 Å². The topological polar surface area (TPSA) is 153 Å². The molecule has 3 aromatic rings. The molecule has 3 rings (SSSR count). The molecule has 0 unspecified atom stereocenters. The standard InChI is InChI=1S/C20H24ClFN5O5PS/c1-10(2)25-18-5-4-12(8-24-18)19-26-27-20(34-19)13-6-15(22)17(7-14(13)21)31-9-16(23)11(3)32-33(28,29)30/h4-8,10-11,16H,9,23H2,1-3H3,(H,24,25)(H2,28,29,30)/t11-,16-/m1/s1. The Kier molecular flexibility index (Phi) is 8.58. The largest absolute Gasteiger partial charge is 0.489 e. The molecule has 0 aliphatic rings. The number of phosphoric acid groups is 1. The Hall–Kier alpha value is -2.18. The van der Waals surface area contributed by atoms with Crippen LogP contribution in [0.1, 0.15) is 20.8 Å². The van der Waals surface area contributed by atoms with E-state index < -0.39 is 25.8 Å². The maximum Gasteiger partial charge on any atom is 0.469 e. The van der Waals surface area contributed by atoms with Crippen molar-refractivity contribution in [3.8, 4) is 26.9 Å². The minimum Gasteiger partial charge on any atom is -0.489 e. The number of halogens is 2. The Labute approximate surface area is 204 Å². The zero-order valence-electron chi connectivity index (χ0n) is 18.5. The fraction of sp³-hybridized carbons (Fsp3) is 0.350. The van der Waals surface area contributed by atoms with Gasteiger partial charge in [0, 0.05) is 29.4 Å². The molecule has 0 saturated heterocycles. The molecule has 1 aromatic carbocycles. The first-order chi connectivity index (χ1) is 15.9. The van der Waals surface area contributed by atoms with Crippen LogP contribution in [-0.4, -0.2) is 49.8 Å². The van der Waals surface area contributed by atoms with Gasteiger partial charge in [0.2, 0.25) is 0 Å². The second kappa shape index (κ2) is 11.0. The second-order valence-corrected chi connectivity index (χ2v) is 10.3. The summed E-state index contributed by atoms with van der Waals surface area (Å²) in [5, 5.41) is 12.7. The van der Waals surface area contributed by atoms with Crippen molar-refractivity contribution in [1.29, 1.82) is 0 Å². The van der Waals surface area contributed by atoms with Crippen molar-refractivity contribution in [3.63, 3.8) is 0 Å². The molecule has 0 radical (unpaired) electrons. The molecular formula is C20H24ClFN5O5PS. The number of nitrogens with one attached hydrogen (secondary N) is 1. The van der Waals surface area contributed by atoms with Gasteiger partial charge in [-0.05, 0) is 39.0 Å². The lowest BCUT2D eigenvalue weighted by molar-refractivity contribution is 0.106. The van der Waals surface area contributed by atoms with Gasteiger partial charge in [-0.3, -0.25) is 4.52 Å². The quantitative estimate of drug-likeness (QED) is 0.281. The number of benzene rings is 1. The first-order valence-electron chi connectivity index (χ1n) is 10.1. The van der Waals surface area contributed by atoms with Crippen molar-refractivity contribution in [2.24, 2.45) is 5.73 Å². The highest BCUT2D eigenvalue weighted by Gasteiger charge is 2.25. The van der Waals surface area contributed by atoms with Crippen LogP contribution in [0, 0.1) is 5.82 Å². The summed E-state index contributed by atoms with van der Waals surface area (Å²) in [7, 11) is -4.71. The highest BCUT2D eigenvalue weighted by molar-refractivity contribution is 7.46. The van der Waals surface area contributed by atoms with Gasteiger partial charge in [-0.1, -0.05) is 22.9 Å². The number of nitrogens with zero attached hydrogens (tertiary/aromatic N) is 3. The van der Waals surface area contributed by atoms with Crippen LogP contribution >= 0.6 is 30.8 Å². The van der Waals surface area contributed by atoms with Gasteiger partial charge < -0.3 is 25.6 Å². The van der Waals surface area contributed by atoms with Crippen molar-refractivity contribution in [2.75, 3.05) is 11.9 Å². The van der Waals surface area contributed by atoms with Crippen LogP contribution in [0.15, 0.2) is 30.5 Å². The number of hydrogen-bond acceptors (Lipinski definition) is 9. The average molecular weight is 532 g/mol. The minimum absolute atomic E-state index is 0.172. The van der Waals surface area contributed by atoms with E-state index in [1.807, 2.05) is 26.0 Å². The molecule has 10 nitrogen and oxygen atoms in total. The van der Waals surface area contributed by atoms with Crippen LogP contribution in [0.4, 0.5) is 10.2 Å². The second-order valence-electron chi connectivity index (χ2n) is 7.68. The number of hydrogen-bond donors (Lipinski definition) is 4. The number of pyridine rings is 1. The molecule has 184 valence electrons. The smallest absolute Gasteiger partial charge is 0.469 e. The van der Waals surface area contributed by atoms with Crippen LogP contribution in [0.2, 0.25) is 5.02 Å². The van der Waals surface area contributed by atoms with Crippen molar-refractivity contribution < 1.29 is 28.0 Å². The average Bonchev–Trinajstić information content (AvgIpc) is 3.22. The summed E-state index contributed by atoms with van der Waals surface area (Å²) in [6, 6.07) is 5.49. The van der Waals surface area contributed by atoms with E-state index in [1.54, 1.807) is 6.20 Å². The van der Waals surface area contributed by atoms with Gasteiger partial charge in [0.15, 0.2) is 11.6 Å². The number of nitrogens with two attached hydrogens (primary N) is 1. The van der Waals surface area contributed by atoms with Crippen molar-refractivity contribution in [2.45, 2.75) is 39.0 Å². The summed E-state index contributed by atoms with van der Waals surface area (Å²) in [6.07, 6.45) is 0.650. The van der Waals surface area contributed by atoms with E-state index in [0.29, 0.717) is 15.6 Å². The first kappa shape index (κ1) is 26.4. The summed E-state index contributed by atoms with van der Waals surface area (Å²) in [5.41, 5.74) is 6.89. The van der Waals surface area contributed by atoms with Crippen LogP contribution in [0.25, 0.3) is 21.1 Å². The van der Waals surface area contributed by atoms with Crippen LogP contribution < -0.4 is 15.8 Å². The molecule has 14 heteroatoms. The third-order valence-electron chi connectivity index (χ3n) is 4.46. The molecule has 0 fully saturated rings. The molecule has 0 aliphatic carbocycles. The van der Waals surface area contributed by atoms with Gasteiger partial charge in [-0.2, -0.15) is 0 Å². The number of aromatic nitrogens is 3. The van der Waals surface area contributed by atoms with E-state index in [0.717, 1.165) is 11.4 Å². The van der Waals surface area contributed by atoms with Gasteiger partial charge in [-0.15, -0.1) is 10.2 Å². The number of phosphoric ester groups is 1. The van der Waals surface area contributed by atoms with Crippen molar-refractivity contribution >= 4 is 36.6 Å². The summed E-state index contributed by atoms with van der Waals surface area (Å²) >= 11 is 7.57. The first-order valence-corrected chi connectivity index (χ1v) is 12.8. The third-order valence-corrected chi connectivity index (χ3v) is 6.39. The highest BCUT2D eigenvalue weighted by Crippen LogP contribution is 2.39. The van der Waals surface area contributed by atoms with Gasteiger partial charge in [0.1, 0.15) is 22.4 Å². The van der Waals surface area contributed by atoms with Gasteiger partial charge in [0.25, 0.3) is 0 Å². The normalized spacial score (nSPS) is 13.7. The Morgan fingerprint density at radius 3 is 2.56 bits per heavy atom. The monoisotopic (exact) mass is 531 g/mol. The zero-order chi connectivity index (χ0) is 25.0. The number of ether oxygens (including phenoxy) is 1. The van der Waals surface area contributed by atoms with Crippen molar-refractivity contribution in [3.05, 3.63) is 41.3 Å². The Morgan fingerprint density at radius 1 is 1.24 bits per heavy atom. The van der Waals surface area contributed by atoms with E-state index in [2.05, 4.69) is 25.0 Å². The van der Waals surface area contributed by atoms with Crippen LogP contribution in [0.5, 0.6) is 5.75 Å². The van der Waals surface area contributed by atoms with E-state index in [4.69, 9.17) is 31.9 Å². The number of rotatable bonds is 10. The van der Waals surface area contributed by atoms with Crippen LogP contribution in [-0.2, 0) is 9.09 Å². The SMILES string of the molecule is CC(C)Nc1ccc(-c2nnc(-c3cc(F)c(OC[C@@H](N)[C@@H](C)OP(=O)(O)O)cc3Cl)s2)cn1. The molecule has 34 heavy (non-hydrogen) atoms. The molecular weight excluding hydrogens is 508 g/mol. The lowest BCUT2D eigenvalue weighted by Gasteiger charge is -2.21. The predicted molar refractivity (Wildman–Crippen MR) is 128 cm³/mol. The lowest BCUT2D eigenvalue weighted by atomic mass is 10.2. The molecule has 5 N–H and O–H groups in total. The molecule has 2 aromatic heterocycles. The minimum atomic E-state index is -4.71. The van der Waals surface area contributed by atoms with E-state index >= 15 is 0 Å². The fourth-order valence-electron chi connectivity index (χ4n) is 2.77. The molecule has 0 spiro atoms. The number of anilines is 1. The van der Waals surface area contributed by atoms with Crippen molar-refractivity contribution in [1.82, 2.24) is 15.2 Å². The third kappa shape index (κ3) is 7.16. The molecule has 0 aliphatic heterocycles. The molecule has 0 amide bonds. The maximum atomic E-state index is 14.7. The molecule has 2 heterocycles.